The van der Waals surface area contributed by atoms with Crippen LogP contribution >= 0.6 is 0 Å². The molecule has 0 radical (unpaired) electrons. The Balaban J connectivity index is 0.000000349. The first-order chi connectivity index (χ1) is 24.5. The van der Waals surface area contributed by atoms with Crippen LogP contribution in [0.15, 0.2) is 168 Å². The standard InChI is InChI=1S/C38H25NO.C6H10.C4H8/c1-3-10-28-24(8-1)18-22-33-36(28)37-29-11-4-2-9-25(29)19-23-34(37)39(33)27-20-16-26(17-21-27)30-13-7-14-32-31-12-5-6-15-35(31)40-38(30)32;1-4-5-6(2)3;1-3-4-2/h1-18,20-22H,19,23H2;4-5H,2H2,1,3H3;3-4H,1-2H3/b;5-4-;4-3-. The fourth-order valence-electron chi connectivity index (χ4n) is 7.22. The number of aromatic nitrogens is 1. The highest BCUT2D eigenvalue weighted by Gasteiger charge is 2.26. The zero-order valence-corrected chi connectivity index (χ0v) is 29.4. The largest absolute Gasteiger partial charge is 0.455 e. The third-order valence-corrected chi connectivity index (χ3v) is 9.50. The monoisotopic (exact) mass is 649 g/mol. The molecule has 0 fully saturated rings. The Hall–Kier alpha value is -5.86. The summed E-state index contributed by atoms with van der Waals surface area (Å²) in [6, 6.07) is 46.1. The van der Waals surface area contributed by atoms with Crippen LogP contribution in [0.2, 0.25) is 0 Å². The van der Waals surface area contributed by atoms with E-state index in [-0.39, 0.29) is 0 Å². The minimum Gasteiger partial charge on any atom is -0.455 e. The van der Waals surface area contributed by atoms with Crippen LogP contribution in [-0.2, 0) is 12.8 Å². The molecule has 6 aromatic carbocycles. The number of fused-ring (bicyclic) bond motifs is 10. The Labute approximate surface area is 295 Å². The Kier molecular flexibility index (Phi) is 9.36. The van der Waals surface area contributed by atoms with Gasteiger partial charge in [-0.1, -0.05) is 140 Å². The number of aryl methyl sites for hydroxylation is 1. The van der Waals surface area contributed by atoms with E-state index in [9.17, 15) is 0 Å². The van der Waals surface area contributed by atoms with Gasteiger partial charge in [0, 0.05) is 38.7 Å². The summed E-state index contributed by atoms with van der Waals surface area (Å²) in [4.78, 5) is 0. The van der Waals surface area contributed by atoms with Crippen LogP contribution in [0, 0.1) is 0 Å². The summed E-state index contributed by atoms with van der Waals surface area (Å²) >= 11 is 0. The highest BCUT2D eigenvalue weighted by Crippen LogP contribution is 2.45. The van der Waals surface area contributed by atoms with Crippen LogP contribution in [0.4, 0.5) is 0 Å². The highest BCUT2D eigenvalue weighted by molar-refractivity contribution is 6.16. The Morgan fingerprint density at radius 3 is 2.06 bits per heavy atom. The summed E-state index contributed by atoms with van der Waals surface area (Å²) < 4.78 is 8.84. The second-order valence-electron chi connectivity index (χ2n) is 12.8. The van der Waals surface area contributed by atoms with E-state index in [4.69, 9.17) is 4.42 Å². The highest BCUT2D eigenvalue weighted by atomic mass is 16.3. The van der Waals surface area contributed by atoms with Crippen LogP contribution < -0.4 is 0 Å². The first-order valence-corrected chi connectivity index (χ1v) is 17.5. The Bertz CT molecular complexity index is 2530. The molecule has 246 valence electrons. The van der Waals surface area contributed by atoms with Gasteiger partial charge in [-0.2, -0.15) is 0 Å². The molecule has 8 aromatic rings. The van der Waals surface area contributed by atoms with Crippen LogP contribution in [-0.4, -0.2) is 4.57 Å². The van der Waals surface area contributed by atoms with Crippen molar-refractivity contribution >= 4 is 43.6 Å². The Morgan fingerprint density at radius 1 is 0.640 bits per heavy atom. The molecule has 0 aliphatic heterocycles. The van der Waals surface area contributed by atoms with E-state index in [1.54, 1.807) is 0 Å². The molecular formula is C48H43NO. The van der Waals surface area contributed by atoms with Gasteiger partial charge in [-0.15, -0.1) is 0 Å². The molecule has 50 heavy (non-hydrogen) atoms. The van der Waals surface area contributed by atoms with E-state index in [0.29, 0.717) is 0 Å². The fraction of sp³-hybridized carbons (Fsp3) is 0.125. The molecule has 0 spiro atoms. The van der Waals surface area contributed by atoms with Gasteiger partial charge in [-0.25, -0.2) is 0 Å². The molecular weight excluding hydrogens is 607 g/mol. The van der Waals surface area contributed by atoms with E-state index in [1.807, 2.05) is 64.1 Å². The van der Waals surface area contributed by atoms with Crippen LogP contribution in [0.3, 0.4) is 0 Å². The van der Waals surface area contributed by atoms with E-state index < -0.39 is 0 Å². The maximum absolute atomic E-state index is 6.34. The van der Waals surface area contributed by atoms with Gasteiger partial charge in [0.1, 0.15) is 11.2 Å². The van der Waals surface area contributed by atoms with Crippen molar-refractivity contribution in [3.05, 3.63) is 175 Å². The molecule has 9 rings (SSSR count). The van der Waals surface area contributed by atoms with Crippen molar-refractivity contribution in [3.8, 4) is 27.9 Å². The average Bonchev–Trinajstić information content (AvgIpc) is 3.72. The predicted octanol–water partition coefficient (Wildman–Crippen LogP) is 13.8. The van der Waals surface area contributed by atoms with Gasteiger partial charge in [0.2, 0.25) is 0 Å². The summed E-state index contributed by atoms with van der Waals surface area (Å²) in [5.41, 5.74) is 13.3. The summed E-state index contributed by atoms with van der Waals surface area (Å²) in [5, 5.41) is 6.28. The lowest BCUT2D eigenvalue weighted by molar-refractivity contribution is 0.670. The van der Waals surface area contributed by atoms with Crippen molar-refractivity contribution in [3.63, 3.8) is 0 Å². The second kappa shape index (κ2) is 14.3. The minimum atomic E-state index is 0.930. The molecule has 2 aromatic heterocycles. The number of para-hydroxylation sites is 2. The SMILES string of the molecule is C/C=C\C.C=C(C)/C=C\C.c1ccc2c(c1)CCc1c-2c2c3ccccc3ccc2n1-c1ccc(-c2cccc3c2oc2ccccc23)cc1. The van der Waals surface area contributed by atoms with E-state index in [2.05, 4.69) is 126 Å². The minimum absolute atomic E-state index is 0.930. The fourth-order valence-corrected chi connectivity index (χ4v) is 7.22. The number of allylic oxidation sites excluding steroid dienone is 5. The topological polar surface area (TPSA) is 18.1 Å². The van der Waals surface area contributed by atoms with Crippen molar-refractivity contribution in [1.82, 2.24) is 4.57 Å². The summed E-state index contributed by atoms with van der Waals surface area (Å²) in [5.74, 6) is 0. The number of furan rings is 1. The number of benzene rings is 6. The van der Waals surface area contributed by atoms with Crippen molar-refractivity contribution in [2.75, 3.05) is 0 Å². The van der Waals surface area contributed by atoms with E-state index >= 15 is 0 Å². The van der Waals surface area contributed by atoms with Crippen molar-refractivity contribution in [2.24, 2.45) is 0 Å². The first-order valence-electron chi connectivity index (χ1n) is 17.5. The van der Waals surface area contributed by atoms with Gasteiger partial charge in [-0.05, 0) is 92.3 Å². The zero-order valence-electron chi connectivity index (χ0n) is 29.4. The first kappa shape index (κ1) is 32.7. The lowest BCUT2D eigenvalue weighted by atomic mass is 9.87. The quantitative estimate of drug-likeness (QED) is 0.138. The molecule has 2 nitrogen and oxygen atoms in total. The summed E-state index contributed by atoms with van der Waals surface area (Å²) in [6.07, 6.45) is 10.0. The Morgan fingerprint density at radius 2 is 1.32 bits per heavy atom. The lowest BCUT2D eigenvalue weighted by Crippen LogP contribution is -2.08. The van der Waals surface area contributed by atoms with Gasteiger partial charge in [-0.3, -0.25) is 0 Å². The molecule has 0 saturated carbocycles. The molecule has 2 heterocycles. The lowest BCUT2D eigenvalue weighted by Gasteiger charge is -2.19. The average molecular weight is 650 g/mol. The van der Waals surface area contributed by atoms with Crippen molar-refractivity contribution in [1.29, 1.82) is 0 Å². The molecule has 0 bridgehead atoms. The predicted molar refractivity (Wildman–Crippen MR) is 216 cm³/mol. The van der Waals surface area contributed by atoms with E-state index in [0.717, 1.165) is 51.5 Å². The van der Waals surface area contributed by atoms with E-state index in [1.165, 1.54) is 49.7 Å². The van der Waals surface area contributed by atoms with Crippen LogP contribution in [0.5, 0.6) is 0 Å². The van der Waals surface area contributed by atoms with Gasteiger partial charge in [0.15, 0.2) is 0 Å². The van der Waals surface area contributed by atoms with Gasteiger partial charge in [0.05, 0.1) is 5.52 Å². The zero-order chi connectivity index (χ0) is 34.6. The molecule has 0 N–H and O–H groups in total. The van der Waals surface area contributed by atoms with Crippen molar-refractivity contribution < 1.29 is 4.42 Å². The van der Waals surface area contributed by atoms with Crippen molar-refractivity contribution in [2.45, 2.75) is 40.5 Å². The van der Waals surface area contributed by atoms with Crippen LogP contribution in [0.25, 0.3) is 71.6 Å². The second-order valence-corrected chi connectivity index (χ2v) is 12.8. The maximum atomic E-state index is 6.34. The summed E-state index contributed by atoms with van der Waals surface area (Å²) in [7, 11) is 0. The number of rotatable bonds is 3. The molecule has 1 aliphatic rings. The molecule has 0 atom stereocenters. The number of nitrogens with zero attached hydrogens (tertiary/aromatic N) is 1. The molecule has 2 heteroatoms. The van der Waals surface area contributed by atoms with Gasteiger partial charge < -0.3 is 8.98 Å². The smallest absolute Gasteiger partial charge is 0.143 e. The molecule has 0 saturated heterocycles. The number of hydrogen-bond acceptors (Lipinski definition) is 1. The summed E-state index contributed by atoms with van der Waals surface area (Å²) in [6.45, 7) is 11.6. The maximum Gasteiger partial charge on any atom is 0.143 e. The third-order valence-electron chi connectivity index (χ3n) is 9.50. The molecule has 0 unspecified atom stereocenters. The normalized spacial score (nSPS) is 12.2. The van der Waals surface area contributed by atoms with Gasteiger partial charge in [0.25, 0.3) is 0 Å². The molecule has 1 aliphatic carbocycles. The number of hydrogen-bond donors (Lipinski definition) is 0. The third kappa shape index (κ3) is 5.99. The van der Waals surface area contributed by atoms with Gasteiger partial charge >= 0.3 is 0 Å². The molecule has 0 amide bonds. The van der Waals surface area contributed by atoms with Crippen LogP contribution in [0.1, 0.15) is 39.0 Å².